The molecule has 1 aromatic heterocycles. The number of benzene rings is 2. The quantitative estimate of drug-likeness (QED) is 0.710. The van der Waals surface area contributed by atoms with E-state index in [0.717, 1.165) is 24.1 Å². The summed E-state index contributed by atoms with van der Waals surface area (Å²) in [5.74, 6) is 0.541. The van der Waals surface area contributed by atoms with Crippen LogP contribution in [0, 0.1) is 0 Å². The van der Waals surface area contributed by atoms with Gasteiger partial charge in [0.25, 0.3) is 0 Å². The lowest BCUT2D eigenvalue weighted by atomic mass is 9.98. The topological polar surface area (TPSA) is 35.0 Å². The number of nitrogens with zero attached hydrogens (tertiary/aromatic N) is 2. The molecule has 98 valence electrons. The molecule has 3 heteroatoms. The fourth-order valence-electron chi connectivity index (χ4n) is 3.03. The van der Waals surface area contributed by atoms with E-state index >= 15 is 0 Å². The molecule has 1 heterocycles. The van der Waals surface area contributed by atoms with Crippen molar-refractivity contribution >= 4 is 10.8 Å². The van der Waals surface area contributed by atoms with E-state index in [1.54, 1.807) is 19.5 Å². The average Bonchev–Trinajstić information content (AvgIpc) is 2.93. The molecule has 4 rings (SSSR count). The summed E-state index contributed by atoms with van der Waals surface area (Å²) in [6, 6.07) is 10.9. The number of hydrogen-bond donors (Lipinski definition) is 0. The summed E-state index contributed by atoms with van der Waals surface area (Å²) in [5.41, 5.74) is 4.92. The standard InChI is InChI=1S/C17H14N2O/c1-20-16-10-18-15(9-19-16)13-8-7-12-6-5-11-3-2-4-14(13)17(11)12/h2-4,7-10H,5-6H2,1H3. The van der Waals surface area contributed by atoms with Gasteiger partial charge in [0.05, 0.1) is 25.2 Å². The first-order valence-corrected chi connectivity index (χ1v) is 6.77. The Kier molecular flexibility index (Phi) is 2.46. The summed E-state index contributed by atoms with van der Waals surface area (Å²) in [4.78, 5) is 8.72. The molecule has 0 fully saturated rings. The van der Waals surface area contributed by atoms with Crippen molar-refractivity contribution in [3.63, 3.8) is 0 Å². The first-order valence-electron chi connectivity index (χ1n) is 6.77. The van der Waals surface area contributed by atoms with E-state index in [0.29, 0.717) is 5.88 Å². The van der Waals surface area contributed by atoms with Crippen LogP contribution in [-0.4, -0.2) is 17.1 Å². The van der Waals surface area contributed by atoms with Crippen LogP contribution in [0.2, 0.25) is 0 Å². The highest BCUT2D eigenvalue weighted by atomic mass is 16.5. The van der Waals surface area contributed by atoms with Gasteiger partial charge in [-0.2, -0.15) is 0 Å². The summed E-state index contributed by atoms with van der Waals surface area (Å²) in [6.45, 7) is 0. The summed E-state index contributed by atoms with van der Waals surface area (Å²) in [7, 11) is 1.60. The third-order valence-electron chi connectivity index (χ3n) is 3.99. The fraction of sp³-hybridized carbons (Fsp3) is 0.176. The van der Waals surface area contributed by atoms with Gasteiger partial charge in [0, 0.05) is 5.56 Å². The van der Waals surface area contributed by atoms with Crippen molar-refractivity contribution in [2.24, 2.45) is 0 Å². The Morgan fingerprint density at radius 1 is 0.950 bits per heavy atom. The van der Waals surface area contributed by atoms with Gasteiger partial charge >= 0.3 is 0 Å². The van der Waals surface area contributed by atoms with Crippen LogP contribution in [0.25, 0.3) is 22.0 Å². The van der Waals surface area contributed by atoms with Gasteiger partial charge < -0.3 is 4.74 Å². The van der Waals surface area contributed by atoms with Gasteiger partial charge in [0.15, 0.2) is 0 Å². The molecule has 0 amide bonds. The summed E-state index contributed by atoms with van der Waals surface area (Å²) in [6.07, 6.45) is 5.73. The molecule has 2 aromatic carbocycles. The van der Waals surface area contributed by atoms with Crippen molar-refractivity contribution < 1.29 is 4.74 Å². The highest BCUT2D eigenvalue weighted by molar-refractivity contribution is 6.00. The molecule has 0 N–H and O–H groups in total. The van der Waals surface area contributed by atoms with E-state index in [1.807, 2.05) is 0 Å². The molecule has 1 aliphatic carbocycles. The molecular weight excluding hydrogens is 248 g/mol. The van der Waals surface area contributed by atoms with E-state index in [-0.39, 0.29) is 0 Å². The van der Waals surface area contributed by atoms with Crippen molar-refractivity contribution in [2.75, 3.05) is 7.11 Å². The van der Waals surface area contributed by atoms with Crippen LogP contribution in [0.4, 0.5) is 0 Å². The number of hydrogen-bond acceptors (Lipinski definition) is 3. The molecule has 3 aromatic rings. The second-order valence-electron chi connectivity index (χ2n) is 5.06. The molecule has 20 heavy (non-hydrogen) atoms. The molecule has 0 unspecified atom stereocenters. The number of rotatable bonds is 2. The molecule has 0 saturated heterocycles. The van der Waals surface area contributed by atoms with Crippen LogP contribution < -0.4 is 4.74 Å². The van der Waals surface area contributed by atoms with E-state index in [1.165, 1.54) is 21.9 Å². The van der Waals surface area contributed by atoms with E-state index in [2.05, 4.69) is 40.3 Å². The van der Waals surface area contributed by atoms with Crippen LogP contribution in [0.15, 0.2) is 42.7 Å². The van der Waals surface area contributed by atoms with Gasteiger partial charge in [-0.05, 0) is 34.7 Å². The Bertz CT molecular complexity index is 784. The minimum Gasteiger partial charge on any atom is -0.480 e. The van der Waals surface area contributed by atoms with Crippen LogP contribution >= 0.6 is 0 Å². The van der Waals surface area contributed by atoms with Gasteiger partial charge in [0.1, 0.15) is 0 Å². The highest BCUT2D eigenvalue weighted by Crippen LogP contribution is 2.36. The first-order chi connectivity index (χ1) is 9.86. The Labute approximate surface area is 117 Å². The fourth-order valence-corrected chi connectivity index (χ4v) is 3.03. The average molecular weight is 262 g/mol. The minimum atomic E-state index is 0.541. The summed E-state index contributed by atoms with van der Waals surface area (Å²) >= 11 is 0. The maximum absolute atomic E-state index is 5.07. The predicted molar refractivity (Wildman–Crippen MR) is 78.9 cm³/mol. The van der Waals surface area contributed by atoms with E-state index in [9.17, 15) is 0 Å². The van der Waals surface area contributed by atoms with Gasteiger partial charge in [0.2, 0.25) is 5.88 Å². The van der Waals surface area contributed by atoms with Gasteiger partial charge in [-0.1, -0.05) is 30.3 Å². The molecule has 0 saturated carbocycles. The first kappa shape index (κ1) is 11.4. The van der Waals surface area contributed by atoms with Crippen LogP contribution in [0.5, 0.6) is 5.88 Å². The normalized spacial score (nSPS) is 12.8. The largest absolute Gasteiger partial charge is 0.480 e. The lowest BCUT2D eigenvalue weighted by Crippen LogP contribution is -1.92. The van der Waals surface area contributed by atoms with Crippen molar-refractivity contribution in [3.8, 4) is 17.1 Å². The lowest BCUT2D eigenvalue weighted by molar-refractivity contribution is 0.396. The molecule has 0 aliphatic heterocycles. The van der Waals surface area contributed by atoms with Crippen LogP contribution in [0.3, 0.4) is 0 Å². The Morgan fingerprint density at radius 3 is 2.55 bits per heavy atom. The number of aromatic nitrogens is 2. The highest BCUT2D eigenvalue weighted by Gasteiger charge is 2.16. The monoisotopic (exact) mass is 262 g/mol. The molecule has 3 nitrogen and oxygen atoms in total. The second kappa shape index (κ2) is 4.30. The Balaban J connectivity index is 1.96. The minimum absolute atomic E-state index is 0.541. The number of methoxy groups -OCH3 is 1. The predicted octanol–water partition coefficient (Wildman–Crippen LogP) is 3.40. The molecule has 1 aliphatic rings. The third kappa shape index (κ3) is 1.59. The Morgan fingerprint density at radius 2 is 1.80 bits per heavy atom. The van der Waals surface area contributed by atoms with E-state index in [4.69, 9.17) is 4.74 Å². The van der Waals surface area contributed by atoms with Crippen LogP contribution in [-0.2, 0) is 12.8 Å². The molecule has 0 radical (unpaired) electrons. The summed E-state index contributed by atoms with van der Waals surface area (Å²) in [5, 5.41) is 2.68. The number of ether oxygens (including phenoxy) is 1. The van der Waals surface area contributed by atoms with E-state index < -0.39 is 0 Å². The maximum atomic E-state index is 5.07. The maximum Gasteiger partial charge on any atom is 0.232 e. The SMILES string of the molecule is COc1cnc(-c2ccc3c4c(cccc24)CC3)cn1. The third-order valence-corrected chi connectivity index (χ3v) is 3.99. The number of aryl methyl sites for hydroxylation is 2. The van der Waals surface area contributed by atoms with Gasteiger partial charge in [-0.3, -0.25) is 0 Å². The van der Waals surface area contributed by atoms with Crippen LogP contribution in [0.1, 0.15) is 11.1 Å². The van der Waals surface area contributed by atoms with Gasteiger partial charge in [-0.25, -0.2) is 9.97 Å². The zero-order valence-corrected chi connectivity index (χ0v) is 11.3. The van der Waals surface area contributed by atoms with Crippen molar-refractivity contribution in [1.82, 2.24) is 9.97 Å². The molecule has 0 bridgehead atoms. The molecular formula is C17H14N2O. The van der Waals surface area contributed by atoms with Crippen molar-refractivity contribution in [2.45, 2.75) is 12.8 Å². The van der Waals surface area contributed by atoms with Gasteiger partial charge in [-0.15, -0.1) is 0 Å². The second-order valence-corrected chi connectivity index (χ2v) is 5.06. The molecule has 0 atom stereocenters. The zero-order chi connectivity index (χ0) is 13.5. The van der Waals surface area contributed by atoms with Crippen molar-refractivity contribution in [1.29, 1.82) is 0 Å². The van der Waals surface area contributed by atoms with Crippen molar-refractivity contribution in [3.05, 3.63) is 53.9 Å². The smallest absolute Gasteiger partial charge is 0.232 e. The summed E-state index contributed by atoms with van der Waals surface area (Å²) < 4.78 is 5.07. The zero-order valence-electron chi connectivity index (χ0n) is 11.3. The lowest BCUT2D eigenvalue weighted by Gasteiger charge is -2.08. The Hall–Kier alpha value is -2.42. The molecule has 0 spiro atoms.